The Balaban J connectivity index is 1.53. The van der Waals surface area contributed by atoms with Crippen LogP contribution >= 0.6 is 11.6 Å². The molecule has 5 nitrogen and oxygen atoms in total. The number of halogens is 1. The molecule has 29 heavy (non-hydrogen) atoms. The maximum absolute atomic E-state index is 10.9. The van der Waals surface area contributed by atoms with Crippen LogP contribution in [0.1, 0.15) is 25.8 Å². The number of benzene rings is 2. The second-order valence-electron chi connectivity index (χ2n) is 7.35. The lowest BCUT2D eigenvalue weighted by Gasteiger charge is -2.41. The first-order chi connectivity index (χ1) is 14.0. The summed E-state index contributed by atoms with van der Waals surface area (Å²) in [6.07, 6.45) is 0.837. The Morgan fingerprint density at radius 3 is 2.31 bits per heavy atom. The minimum Gasteiger partial charge on any atom is -0.369 e. The molecule has 1 heterocycles. The van der Waals surface area contributed by atoms with Crippen LogP contribution in [0.15, 0.2) is 54.6 Å². The molecule has 1 aliphatic rings. The number of aryl methyl sites for hydroxylation is 1. The molecule has 1 aliphatic heterocycles. The fourth-order valence-electron chi connectivity index (χ4n) is 3.67. The summed E-state index contributed by atoms with van der Waals surface area (Å²) in [5, 5.41) is 11.7. The summed E-state index contributed by atoms with van der Waals surface area (Å²) in [6, 6.07) is 18.0. The summed E-state index contributed by atoms with van der Waals surface area (Å²) in [5.41, 5.74) is 2.33. The number of nitrogens with zero attached hydrogens (tertiary/aromatic N) is 2. The lowest BCUT2D eigenvalue weighted by Crippen LogP contribution is -2.53. The van der Waals surface area contributed by atoms with Crippen molar-refractivity contribution < 1.29 is 14.6 Å². The number of ether oxygens (including phenoxy) is 2. The van der Waals surface area contributed by atoms with Gasteiger partial charge in [-0.15, -0.1) is 0 Å². The van der Waals surface area contributed by atoms with Crippen molar-refractivity contribution in [1.29, 1.82) is 0 Å². The van der Waals surface area contributed by atoms with E-state index in [1.807, 2.05) is 56.3 Å². The van der Waals surface area contributed by atoms with Gasteiger partial charge in [-0.05, 0) is 50.1 Å². The molecule has 2 aromatic rings. The average Bonchev–Trinajstić information content (AvgIpc) is 2.74. The lowest BCUT2D eigenvalue weighted by atomic mass is 10.1. The van der Waals surface area contributed by atoms with E-state index in [1.165, 1.54) is 5.69 Å². The Morgan fingerprint density at radius 1 is 1.03 bits per heavy atom. The van der Waals surface area contributed by atoms with Gasteiger partial charge in [-0.1, -0.05) is 41.9 Å². The van der Waals surface area contributed by atoms with Crippen LogP contribution in [0.3, 0.4) is 0 Å². The van der Waals surface area contributed by atoms with E-state index in [0.717, 1.165) is 36.8 Å². The van der Waals surface area contributed by atoms with Crippen molar-refractivity contribution in [2.45, 2.75) is 38.9 Å². The molecule has 0 radical (unpaired) electrons. The van der Waals surface area contributed by atoms with Crippen LogP contribution in [-0.4, -0.2) is 55.0 Å². The smallest absolute Gasteiger partial charge is 0.282 e. The molecule has 2 atom stereocenters. The molecular formula is C23H31ClN2O3. The van der Waals surface area contributed by atoms with Crippen molar-refractivity contribution in [3.8, 4) is 0 Å². The Labute approximate surface area is 178 Å². The second-order valence-corrected chi connectivity index (χ2v) is 7.78. The van der Waals surface area contributed by atoms with Crippen molar-refractivity contribution >= 4 is 17.3 Å². The van der Waals surface area contributed by atoms with Crippen LogP contribution in [0.5, 0.6) is 0 Å². The Bertz CT molecular complexity index is 736. The van der Waals surface area contributed by atoms with E-state index in [1.54, 1.807) is 0 Å². The van der Waals surface area contributed by atoms with Crippen LogP contribution in [0.25, 0.3) is 0 Å². The zero-order valence-electron chi connectivity index (χ0n) is 17.3. The fourth-order valence-corrected chi connectivity index (χ4v) is 3.80. The molecule has 1 fully saturated rings. The lowest BCUT2D eigenvalue weighted by molar-refractivity contribution is -0.387. The SMILES string of the molecule is CCOC(O)(CCc1ccccc1)OC(C)N1CCN(c2ccc(Cl)cc2)CC1. The van der Waals surface area contributed by atoms with E-state index in [9.17, 15) is 5.11 Å². The molecule has 0 spiro atoms. The van der Waals surface area contributed by atoms with Gasteiger partial charge < -0.3 is 19.5 Å². The van der Waals surface area contributed by atoms with Gasteiger partial charge in [-0.2, -0.15) is 0 Å². The second kappa shape index (κ2) is 10.4. The summed E-state index contributed by atoms with van der Waals surface area (Å²) in [5.74, 6) is -1.59. The van der Waals surface area contributed by atoms with Crippen LogP contribution in [0.4, 0.5) is 5.69 Å². The molecule has 0 aromatic heterocycles. The van der Waals surface area contributed by atoms with Crippen molar-refractivity contribution in [3.63, 3.8) is 0 Å². The predicted molar refractivity (Wildman–Crippen MR) is 117 cm³/mol. The summed E-state index contributed by atoms with van der Waals surface area (Å²) in [7, 11) is 0. The topological polar surface area (TPSA) is 45.2 Å². The van der Waals surface area contributed by atoms with Gasteiger partial charge in [0.1, 0.15) is 6.23 Å². The highest BCUT2D eigenvalue weighted by Gasteiger charge is 2.33. The third kappa shape index (κ3) is 6.43. The Kier molecular flexibility index (Phi) is 7.92. The first kappa shape index (κ1) is 22.1. The molecule has 158 valence electrons. The number of hydrogen-bond acceptors (Lipinski definition) is 5. The molecule has 2 aromatic carbocycles. The minimum atomic E-state index is -1.59. The van der Waals surface area contributed by atoms with E-state index in [-0.39, 0.29) is 6.23 Å². The van der Waals surface area contributed by atoms with E-state index in [2.05, 4.69) is 21.9 Å². The Hall–Kier alpha value is -1.63. The zero-order chi connectivity index (χ0) is 20.7. The highest BCUT2D eigenvalue weighted by atomic mass is 35.5. The number of hydrogen-bond donors (Lipinski definition) is 1. The first-order valence-electron chi connectivity index (χ1n) is 10.3. The number of piperazine rings is 1. The number of rotatable bonds is 9. The maximum atomic E-state index is 10.9. The Morgan fingerprint density at radius 2 is 1.69 bits per heavy atom. The van der Waals surface area contributed by atoms with Gasteiger partial charge in [-0.3, -0.25) is 4.90 Å². The first-order valence-corrected chi connectivity index (χ1v) is 10.7. The molecule has 0 amide bonds. The van der Waals surface area contributed by atoms with Crippen molar-refractivity contribution in [2.24, 2.45) is 0 Å². The maximum Gasteiger partial charge on any atom is 0.282 e. The quantitative estimate of drug-likeness (QED) is 0.620. The molecule has 1 N–H and O–H groups in total. The van der Waals surface area contributed by atoms with Crippen molar-refractivity contribution in [2.75, 3.05) is 37.7 Å². The van der Waals surface area contributed by atoms with E-state index in [0.29, 0.717) is 19.4 Å². The third-order valence-corrected chi connectivity index (χ3v) is 5.57. The molecule has 0 aliphatic carbocycles. The van der Waals surface area contributed by atoms with Gasteiger partial charge in [0, 0.05) is 49.9 Å². The molecule has 3 rings (SSSR count). The fraction of sp³-hybridized carbons (Fsp3) is 0.478. The number of aliphatic hydroxyl groups is 1. The van der Waals surface area contributed by atoms with Crippen LogP contribution in [-0.2, 0) is 15.9 Å². The van der Waals surface area contributed by atoms with Crippen molar-refractivity contribution in [1.82, 2.24) is 4.90 Å². The van der Waals surface area contributed by atoms with Gasteiger partial charge in [0.15, 0.2) is 0 Å². The van der Waals surface area contributed by atoms with Gasteiger partial charge in [0.05, 0.1) is 0 Å². The highest BCUT2D eigenvalue weighted by molar-refractivity contribution is 6.30. The largest absolute Gasteiger partial charge is 0.369 e. The zero-order valence-corrected chi connectivity index (χ0v) is 18.0. The van der Waals surface area contributed by atoms with Gasteiger partial charge in [-0.25, -0.2) is 0 Å². The van der Waals surface area contributed by atoms with E-state index < -0.39 is 5.97 Å². The van der Waals surface area contributed by atoms with Crippen LogP contribution in [0.2, 0.25) is 5.02 Å². The van der Waals surface area contributed by atoms with E-state index in [4.69, 9.17) is 21.1 Å². The third-order valence-electron chi connectivity index (χ3n) is 5.32. The van der Waals surface area contributed by atoms with Crippen LogP contribution < -0.4 is 4.90 Å². The van der Waals surface area contributed by atoms with Gasteiger partial charge in [0.2, 0.25) is 0 Å². The molecule has 2 unspecified atom stereocenters. The predicted octanol–water partition coefficient (Wildman–Crippen LogP) is 4.14. The molecule has 0 saturated carbocycles. The monoisotopic (exact) mass is 418 g/mol. The molecule has 6 heteroatoms. The average molecular weight is 419 g/mol. The van der Waals surface area contributed by atoms with E-state index >= 15 is 0 Å². The minimum absolute atomic E-state index is 0.241. The summed E-state index contributed by atoms with van der Waals surface area (Å²) in [4.78, 5) is 4.57. The number of anilines is 1. The molecule has 0 bridgehead atoms. The van der Waals surface area contributed by atoms with Crippen LogP contribution in [0, 0.1) is 0 Å². The van der Waals surface area contributed by atoms with Gasteiger partial charge in [0.25, 0.3) is 5.97 Å². The van der Waals surface area contributed by atoms with Crippen molar-refractivity contribution in [3.05, 3.63) is 65.2 Å². The summed E-state index contributed by atoms with van der Waals surface area (Å²) < 4.78 is 11.6. The normalized spacial score (nSPS) is 18.4. The summed E-state index contributed by atoms with van der Waals surface area (Å²) in [6.45, 7) is 7.73. The van der Waals surface area contributed by atoms with Gasteiger partial charge >= 0.3 is 0 Å². The highest BCUT2D eigenvalue weighted by Crippen LogP contribution is 2.24. The molecular weight excluding hydrogens is 388 g/mol. The summed E-state index contributed by atoms with van der Waals surface area (Å²) >= 11 is 5.99. The molecule has 1 saturated heterocycles. The standard InChI is InChI=1S/C23H31ClN2O3/c1-3-28-23(27,14-13-20-7-5-4-6-8-20)29-19(2)25-15-17-26(18-16-25)22-11-9-21(24)10-12-22/h4-12,19,27H,3,13-18H2,1-2H3.